The first kappa shape index (κ1) is 14.2. The van der Waals surface area contributed by atoms with E-state index in [1.165, 1.54) is 6.07 Å². The molecule has 1 atom stereocenters. The Bertz CT molecular complexity index is 521. The second-order valence-electron chi connectivity index (χ2n) is 5.37. The molecule has 0 radical (unpaired) electrons. The number of likely N-dealkylation sites (N-methyl/N-ethyl adjacent to an activating group) is 1. The fourth-order valence-corrected chi connectivity index (χ4v) is 2.72. The number of anilines is 1. The fraction of sp³-hybridized carbons (Fsp3) is 0.571. The first-order valence-electron chi connectivity index (χ1n) is 7.06. The quantitative estimate of drug-likeness (QED) is 0.611. The zero-order valence-electron chi connectivity index (χ0n) is 12.0. The average molecular weight is 293 g/mol. The summed E-state index contributed by atoms with van der Waals surface area (Å²) in [7, 11) is 1.84. The van der Waals surface area contributed by atoms with Gasteiger partial charge in [-0.3, -0.25) is 15.0 Å². The number of nitro groups is 1. The molecule has 1 aromatic carbocycles. The van der Waals surface area contributed by atoms with Crippen molar-refractivity contribution in [2.45, 2.75) is 12.3 Å². The van der Waals surface area contributed by atoms with Gasteiger partial charge in [-0.1, -0.05) is 12.1 Å². The van der Waals surface area contributed by atoms with Crippen LogP contribution in [0.1, 0.15) is 0 Å². The molecule has 1 aromatic rings. The van der Waals surface area contributed by atoms with Crippen molar-refractivity contribution < 1.29 is 14.4 Å². The Morgan fingerprint density at radius 3 is 2.81 bits per heavy atom. The van der Waals surface area contributed by atoms with Gasteiger partial charge in [-0.25, -0.2) is 0 Å². The molecule has 0 aromatic heterocycles. The number of nitrogens with zero attached hydrogens (tertiary/aromatic N) is 3. The van der Waals surface area contributed by atoms with E-state index < -0.39 is 0 Å². The minimum Gasteiger partial charge on any atom is -0.378 e. The SMILES string of the molecule is CN(c1ccccc1[N+](=O)[O-])[C@@H]1CN(C2COC2)CCO1. The first-order chi connectivity index (χ1) is 10.2. The van der Waals surface area contributed by atoms with E-state index in [1.807, 2.05) is 11.9 Å². The third-order valence-corrected chi connectivity index (χ3v) is 4.11. The highest BCUT2D eigenvalue weighted by Crippen LogP contribution is 2.29. The summed E-state index contributed by atoms with van der Waals surface area (Å²) in [5.74, 6) is 0. The second-order valence-corrected chi connectivity index (χ2v) is 5.37. The molecular formula is C14H19N3O4. The summed E-state index contributed by atoms with van der Waals surface area (Å²) in [6, 6.07) is 7.21. The third kappa shape index (κ3) is 2.85. The van der Waals surface area contributed by atoms with E-state index in [9.17, 15) is 10.1 Å². The molecule has 0 N–H and O–H groups in total. The number of benzene rings is 1. The van der Waals surface area contributed by atoms with Crippen LogP contribution < -0.4 is 4.90 Å². The van der Waals surface area contributed by atoms with E-state index in [0.717, 1.165) is 26.3 Å². The number of hydrogen-bond acceptors (Lipinski definition) is 6. The smallest absolute Gasteiger partial charge is 0.292 e. The highest BCUT2D eigenvalue weighted by atomic mass is 16.6. The molecule has 0 amide bonds. The van der Waals surface area contributed by atoms with Gasteiger partial charge in [0.15, 0.2) is 0 Å². The Morgan fingerprint density at radius 2 is 2.14 bits per heavy atom. The van der Waals surface area contributed by atoms with E-state index in [-0.39, 0.29) is 16.8 Å². The van der Waals surface area contributed by atoms with Crippen LogP contribution >= 0.6 is 0 Å². The number of nitro benzene ring substituents is 1. The van der Waals surface area contributed by atoms with Crippen molar-refractivity contribution in [3.05, 3.63) is 34.4 Å². The van der Waals surface area contributed by atoms with E-state index in [0.29, 0.717) is 18.3 Å². The fourth-order valence-electron chi connectivity index (χ4n) is 2.72. The summed E-state index contributed by atoms with van der Waals surface area (Å²) in [4.78, 5) is 15.0. The zero-order chi connectivity index (χ0) is 14.8. The zero-order valence-corrected chi connectivity index (χ0v) is 12.0. The van der Waals surface area contributed by atoms with Crippen LogP contribution in [0.2, 0.25) is 0 Å². The Hall–Kier alpha value is -1.70. The van der Waals surface area contributed by atoms with Gasteiger partial charge in [0.05, 0.1) is 30.8 Å². The molecule has 2 saturated heterocycles. The Morgan fingerprint density at radius 1 is 1.38 bits per heavy atom. The number of ether oxygens (including phenoxy) is 2. The largest absolute Gasteiger partial charge is 0.378 e. The van der Waals surface area contributed by atoms with Crippen LogP contribution in [-0.4, -0.2) is 62.1 Å². The molecule has 0 saturated carbocycles. The Kier molecular flexibility index (Phi) is 4.05. The van der Waals surface area contributed by atoms with E-state index in [2.05, 4.69) is 4.90 Å². The molecule has 7 heteroatoms. The maximum absolute atomic E-state index is 11.1. The van der Waals surface area contributed by atoms with Crippen LogP contribution in [0.15, 0.2) is 24.3 Å². The molecule has 3 rings (SSSR count). The summed E-state index contributed by atoms with van der Waals surface area (Å²) >= 11 is 0. The lowest BCUT2D eigenvalue weighted by atomic mass is 10.2. The maximum Gasteiger partial charge on any atom is 0.292 e. The van der Waals surface area contributed by atoms with Crippen LogP contribution in [-0.2, 0) is 9.47 Å². The molecule has 7 nitrogen and oxygen atoms in total. The summed E-state index contributed by atoms with van der Waals surface area (Å²) in [6.45, 7) is 3.78. The monoisotopic (exact) mass is 293 g/mol. The number of para-hydroxylation sites is 2. The molecule has 0 aliphatic carbocycles. The highest BCUT2D eigenvalue weighted by Gasteiger charge is 2.33. The Balaban J connectivity index is 1.75. The molecule has 2 aliphatic heterocycles. The van der Waals surface area contributed by atoms with Crippen LogP contribution in [0.4, 0.5) is 11.4 Å². The summed E-state index contributed by atoms with van der Waals surface area (Å²) in [5, 5.41) is 11.1. The molecule has 114 valence electrons. The van der Waals surface area contributed by atoms with Gasteiger partial charge in [0, 0.05) is 26.2 Å². The van der Waals surface area contributed by atoms with Crippen molar-refractivity contribution in [2.24, 2.45) is 0 Å². The van der Waals surface area contributed by atoms with Gasteiger partial charge in [-0.2, -0.15) is 0 Å². The van der Waals surface area contributed by atoms with Crippen molar-refractivity contribution in [2.75, 3.05) is 44.9 Å². The topological polar surface area (TPSA) is 68.1 Å². The van der Waals surface area contributed by atoms with Gasteiger partial charge in [0.1, 0.15) is 11.9 Å². The minimum absolute atomic E-state index is 0.104. The molecule has 2 heterocycles. The van der Waals surface area contributed by atoms with Gasteiger partial charge >= 0.3 is 0 Å². The van der Waals surface area contributed by atoms with Gasteiger partial charge < -0.3 is 14.4 Å². The van der Waals surface area contributed by atoms with Gasteiger partial charge in [-0.05, 0) is 6.07 Å². The number of morpholine rings is 1. The number of rotatable bonds is 4. The van der Waals surface area contributed by atoms with Crippen molar-refractivity contribution in [1.82, 2.24) is 4.90 Å². The first-order valence-corrected chi connectivity index (χ1v) is 7.06. The summed E-state index contributed by atoms with van der Waals surface area (Å²) in [5.41, 5.74) is 0.687. The highest BCUT2D eigenvalue weighted by molar-refractivity contribution is 5.62. The van der Waals surface area contributed by atoms with Crippen molar-refractivity contribution in [3.63, 3.8) is 0 Å². The van der Waals surface area contributed by atoms with Crippen LogP contribution in [0.5, 0.6) is 0 Å². The standard InChI is InChI=1S/C14H19N3O4/c1-15(12-4-2-3-5-13(12)17(18)19)14-8-16(6-7-21-14)11-9-20-10-11/h2-5,11,14H,6-10H2,1H3/t14-/m0/s1. The van der Waals surface area contributed by atoms with Crippen LogP contribution in [0.3, 0.4) is 0 Å². The van der Waals surface area contributed by atoms with Gasteiger partial charge in [-0.15, -0.1) is 0 Å². The summed E-state index contributed by atoms with van der Waals surface area (Å²) in [6.07, 6.45) is -0.180. The van der Waals surface area contributed by atoms with Crippen molar-refractivity contribution in [1.29, 1.82) is 0 Å². The Labute approximate surface area is 123 Å². The predicted octanol–water partition coefficient (Wildman–Crippen LogP) is 1.09. The normalized spacial score (nSPS) is 23.6. The molecule has 0 unspecified atom stereocenters. The van der Waals surface area contributed by atoms with E-state index >= 15 is 0 Å². The number of hydrogen-bond donors (Lipinski definition) is 0. The van der Waals surface area contributed by atoms with Gasteiger partial charge in [0.2, 0.25) is 0 Å². The predicted molar refractivity (Wildman–Crippen MR) is 77.4 cm³/mol. The van der Waals surface area contributed by atoms with Crippen molar-refractivity contribution in [3.8, 4) is 0 Å². The molecule has 21 heavy (non-hydrogen) atoms. The molecule has 0 spiro atoms. The molecule has 2 fully saturated rings. The average Bonchev–Trinajstić information content (AvgIpc) is 2.45. The van der Waals surface area contributed by atoms with Crippen LogP contribution in [0, 0.1) is 10.1 Å². The minimum atomic E-state index is -0.355. The maximum atomic E-state index is 11.1. The van der Waals surface area contributed by atoms with E-state index in [4.69, 9.17) is 9.47 Å². The lowest BCUT2D eigenvalue weighted by Crippen LogP contribution is -2.58. The van der Waals surface area contributed by atoms with Crippen LogP contribution in [0.25, 0.3) is 0 Å². The lowest BCUT2D eigenvalue weighted by Gasteiger charge is -2.44. The van der Waals surface area contributed by atoms with Crippen molar-refractivity contribution >= 4 is 11.4 Å². The summed E-state index contributed by atoms with van der Waals surface area (Å²) < 4.78 is 11.0. The second kappa shape index (κ2) is 5.97. The van der Waals surface area contributed by atoms with Gasteiger partial charge in [0.25, 0.3) is 5.69 Å². The van der Waals surface area contributed by atoms with E-state index in [1.54, 1.807) is 18.2 Å². The molecular weight excluding hydrogens is 274 g/mol. The molecule has 0 bridgehead atoms. The molecule has 2 aliphatic rings. The third-order valence-electron chi connectivity index (χ3n) is 4.11. The lowest BCUT2D eigenvalue weighted by molar-refractivity contribution is -0.384.